The van der Waals surface area contributed by atoms with Crippen molar-refractivity contribution in [1.29, 1.82) is 0 Å². The summed E-state index contributed by atoms with van der Waals surface area (Å²) < 4.78 is 0. The summed E-state index contributed by atoms with van der Waals surface area (Å²) in [4.78, 5) is 2.71. The largest absolute Gasteiger partial charge is 0.296 e. The van der Waals surface area contributed by atoms with Gasteiger partial charge in [0, 0.05) is 11.6 Å². The summed E-state index contributed by atoms with van der Waals surface area (Å²) in [6.07, 6.45) is 5.53. The summed E-state index contributed by atoms with van der Waals surface area (Å²) in [5.41, 5.74) is 0.852. The molecule has 0 amide bonds. The lowest BCUT2D eigenvalue weighted by Crippen LogP contribution is -2.44. The van der Waals surface area contributed by atoms with Crippen LogP contribution in [0.5, 0.6) is 0 Å². The van der Waals surface area contributed by atoms with Gasteiger partial charge in [-0.05, 0) is 58.4 Å². The van der Waals surface area contributed by atoms with E-state index in [1.165, 1.54) is 32.2 Å². The fourth-order valence-corrected chi connectivity index (χ4v) is 2.62. The molecule has 1 heteroatoms. The summed E-state index contributed by atoms with van der Waals surface area (Å²) in [6, 6.07) is 0.837. The second-order valence-corrected chi connectivity index (χ2v) is 7.26. The molecule has 0 bridgehead atoms. The Kier molecular flexibility index (Phi) is 3.86. The van der Waals surface area contributed by atoms with Crippen molar-refractivity contribution in [1.82, 2.24) is 4.90 Å². The third-order valence-corrected chi connectivity index (χ3v) is 3.47. The Hall–Kier alpha value is -0.0400. The lowest BCUT2D eigenvalue weighted by molar-refractivity contribution is 0.108. The molecule has 1 rings (SSSR count). The summed E-state index contributed by atoms with van der Waals surface area (Å²) in [7, 11) is 0. The van der Waals surface area contributed by atoms with Gasteiger partial charge in [-0.15, -0.1) is 0 Å². The number of hydrogen-bond donors (Lipinski definition) is 0. The predicted molar refractivity (Wildman–Crippen MR) is 68.2 cm³/mol. The molecule has 0 aliphatic carbocycles. The Morgan fingerprint density at radius 2 is 1.67 bits per heavy atom. The minimum absolute atomic E-state index is 0.360. The highest BCUT2D eigenvalue weighted by Crippen LogP contribution is 2.32. The number of nitrogens with zero attached hydrogens (tertiary/aromatic N) is 1. The molecule has 0 radical (unpaired) electrons. The predicted octanol–water partition coefficient (Wildman–Crippen LogP) is 4.08. The van der Waals surface area contributed by atoms with Gasteiger partial charge in [0.1, 0.15) is 0 Å². The third kappa shape index (κ3) is 4.14. The molecule has 1 atom stereocenters. The van der Waals surface area contributed by atoms with Crippen LogP contribution in [0.15, 0.2) is 0 Å². The van der Waals surface area contributed by atoms with Crippen LogP contribution in [0.3, 0.4) is 0 Å². The zero-order valence-corrected chi connectivity index (χ0v) is 11.6. The topological polar surface area (TPSA) is 3.24 Å². The highest BCUT2D eigenvalue weighted by Gasteiger charge is 2.32. The third-order valence-electron chi connectivity index (χ3n) is 3.47. The van der Waals surface area contributed by atoms with Gasteiger partial charge in [0.25, 0.3) is 0 Å². The van der Waals surface area contributed by atoms with Crippen molar-refractivity contribution in [2.45, 2.75) is 78.8 Å². The molecular weight excluding hydrogens is 182 g/mol. The van der Waals surface area contributed by atoms with Crippen LogP contribution in [0.1, 0.15) is 67.2 Å². The molecule has 0 spiro atoms. The quantitative estimate of drug-likeness (QED) is 0.665. The van der Waals surface area contributed by atoms with E-state index in [4.69, 9.17) is 0 Å². The number of likely N-dealkylation sites (tertiary alicyclic amines) is 1. The van der Waals surface area contributed by atoms with Gasteiger partial charge in [-0.25, -0.2) is 0 Å². The van der Waals surface area contributed by atoms with Crippen LogP contribution >= 0.6 is 0 Å². The van der Waals surface area contributed by atoms with Crippen LogP contribution in [-0.4, -0.2) is 23.0 Å². The maximum atomic E-state index is 2.71. The summed E-state index contributed by atoms with van der Waals surface area (Å²) >= 11 is 0. The van der Waals surface area contributed by atoms with Crippen molar-refractivity contribution in [2.24, 2.45) is 5.41 Å². The van der Waals surface area contributed by atoms with E-state index < -0.39 is 0 Å². The van der Waals surface area contributed by atoms with E-state index in [1.807, 2.05) is 0 Å². The molecular formula is C14H29N. The van der Waals surface area contributed by atoms with E-state index >= 15 is 0 Å². The Morgan fingerprint density at radius 1 is 1.07 bits per heavy atom. The molecule has 1 nitrogen and oxygen atoms in total. The van der Waals surface area contributed by atoms with Crippen molar-refractivity contribution < 1.29 is 0 Å². The standard InChI is InChI=1S/C14H29N/c1-13(2,3)10-9-12-8-7-11-15(12)14(4,5)6/h12H,7-11H2,1-6H3. The van der Waals surface area contributed by atoms with E-state index in [-0.39, 0.29) is 0 Å². The molecule has 1 heterocycles. The first-order valence-electron chi connectivity index (χ1n) is 6.47. The molecule has 0 aromatic rings. The maximum Gasteiger partial charge on any atom is 0.0127 e. The van der Waals surface area contributed by atoms with E-state index in [0.29, 0.717) is 11.0 Å². The molecule has 90 valence electrons. The lowest BCUT2D eigenvalue weighted by atomic mass is 9.87. The first-order chi connectivity index (χ1) is 6.70. The first-order valence-corrected chi connectivity index (χ1v) is 6.47. The van der Waals surface area contributed by atoms with E-state index in [2.05, 4.69) is 46.4 Å². The van der Waals surface area contributed by atoms with Gasteiger partial charge >= 0.3 is 0 Å². The second-order valence-electron chi connectivity index (χ2n) is 7.26. The van der Waals surface area contributed by atoms with Crippen LogP contribution in [0.25, 0.3) is 0 Å². The van der Waals surface area contributed by atoms with Crippen LogP contribution in [0.4, 0.5) is 0 Å². The number of hydrogen-bond acceptors (Lipinski definition) is 1. The SMILES string of the molecule is CC(C)(C)CCC1CCCN1C(C)(C)C. The fraction of sp³-hybridized carbons (Fsp3) is 1.00. The summed E-state index contributed by atoms with van der Waals surface area (Å²) in [5.74, 6) is 0. The number of rotatable bonds is 2. The summed E-state index contributed by atoms with van der Waals surface area (Å²) in [5, 5.41) is 0. The first kappa shape index (κ1) is 13.0. The Morgan fingerprint density at radius 3 is 2.13 bits per heavy atom. The Balaban J connectivity index is 2.48. The molecule has 0 saturated carbocycles. The molecule has 1 aliphatic heterocycles. The van der Waals surface area contributed by atoms with Gasteiger partial charge in [-0.2, -0.15) is 0 Å². The molecule has 1 unspecified atom stereocenters. The van der Waals surface area contributed by atoms with Gasteiger partial charge in [-0.1, -0.05) is 20.8 Å². The highest BCUT2D eigenvalue weighted by molar-refractivity contribution is 4.88. The van der Waals surface area contributed by atoms with Crippen LogP contribution in [0, 0.1) is 5.41 Å². The zero-order valence-electron chi connectivity index (χ0n) is 11.6. The van der Waals surface area contributed by atoms with Gasteiger partial charge in [-0.3, -0.25) is 4.90 Å². The Bertz CT molecular complexity index is 194. The minimum Gasteiger partial charge on any atom is -0.296 e. The van der Waals surface area contributed by atoms with Gasteiger partial charge in [0.2, 0.25) is 0 Å². The molecule has 15 heavy (non-hydrogen) atoms. The lowest BCUT2D eigenvalue weighted by Gasteiger charge is -2.38. The molecule has 1 aliphatic rings. The molecule has 0 aromatic heterocycles. The van der Waals surface area contributed by atoms with Crippen molar-refractivity contribution >= 4 is 0 Å². The summed E-state index contributed by atoms with van der Waals surface area (Å²) in [6.45, 7) is 15.4. The average molecular weight is 211 g/mol. The monoisotopic (exact) mass is 211 g/mol. The Labute approximate surface area is 96.2 Å². The molecule has 0 aromatic carbocycles. The van der Waals surface area contributed by atoms with Crippen molar-refractivity contribution in [2.75, 3.05) is 6.54 Å². The van der Waals surface area contributed by atoms with E-state index in [9.17, 15) is 0 Å². The van der Waals surface area contributed by atoms with Crippen LogP contribution in [0.2, 0.25) is 0 Å². The smallest absolute Gasteiger partial charge is 0.0127 e. The van der Waals surface area contributed by atoms with Gasteiger partial charge in [0.15, 0.2) is 0 Å². The highest BCUT2D eigenvalue weighted by atomic mass is 15.2. The van der Waals surface area contributed by atoms with Crippen molar-refractivity contribution in [3.63, 3.8) is 0 Å². The minimum atomic E-state index is 0.360. The van der Waals surface area contributed by atoms with E-state index in [0.717, 1.165) is 6.04 Å². The maximum absolute atomic E-state index is 2.71. The average Bonchev–Trinajstić information content (AvgIpc) is 2.45. The normalized spacial score (nSPS) is 24.8. The fourth-order valence-electron chi connectivity index (χ4n) is 2.62. The van der Waals surface area contributed by atoms with Crippen molar-refractivity contribution in [3.05, 3.63) is 0 Å². The second kappa shape index (κ2) is 4.45. The van der Waals surface area contributed by atoms with Gasteiger partial charge < -0.3 is 0 Å². The van der Waals surface area contributed by atoms with Crippen LogP contribution in [-0.2, 0) is 0 Å². The molecule has 1 saturated heterocycles. The van der Waals surface area contributed by atoms with Gasteiger partial charge in [0.05, 0.1) is 0 Å². The zero-order chi connectivity index (χ0) is 11.7. The van der Waals surface area contributed by atoms with Crippen LogP contribution < -0.4 is 0 Å². The molecule has 1 fully saturated rings. The van der Waals surface area contributed by atoms with Crippen molar-refractivity contribution in [3.8, 4) is 0 Å². The molecule has 0 N–H and O–H groups in total. The van der Waals surface area contributed by atoms with E-state index in [1.54, 1.807) is 0 Å².